The summed E-state index contributed by atoms with van der Waals surface area (Å²) in [6.45, 7) is 4.51. The van der Waals surface area contributed by atoms with Crippen molar-refractivity contribution >= 4 is 45.3 Å². The quantitative estimate of drug-likeness (QED) is 0.616. The maximum absolute atomic E-state index is 12.1. The SMILES string of the molecule is Cc1cc(SCC(=O)NCc2ccc(NC(N)=O)cc2)c(C)cc1Br. The molecule has 0 unspecified atom stereocenters. The Labute approximate surface area is 159 Å². The number of carbonyl (C=O) groups is 2. The molecule has 0 saturated heterocycles. The van der Waals surface area contributed by atoms with Crippen molar-refractivity contribution in [2.24, 2.45) is 5.73 Å². The molecule has 0 bridgehead atoms. The molecular weight excluding hydrogens is 402 g/mol. The number of nitrogens with one attached hydrogen (secondary N) is 2. The zero-order valence-corrected chi connectivity index (χ0v) is 16.5. The van der Waals surface area contributed by atoms with E-state index in [0.717, 1.165) is 26.1 Å². The topological polar surface area (TPSA) is 84.2 Å². The van der Waals surface area contributed by atoms with Crippen LogP contribution in [-0.4, -0.2) is 17.7 Å². The van der Waals surface area contributed by atoms with Gasteiger partial charge in [-0.05, 0) is 54.8 Å². The van der Waals surface area contributed by atoms with E-state index in [0.29, 0.717) is 18.0 Å². The lowest BCUT2D eigenvalue weighted by Gasteiger charge is -2.09. The van der Waals surface area contributed by atoms with E-state index in [4.69, 9.17) is 5.73 Å². The van der Waals surface area contributed by atoms with E-state index in [9.17, 15) is 9.59 Å². The van der Waals surface area contributed by atoms with Crippen molar-refractivity contribution in [1.82, 2.24) is 5.32 Å². The molecule has 0 aromatic heterocycles. The molecule has 0 heterocycles. The van der Waals surface area contributed by atoms with Crippen molar-refractivity contribution in [2.75, 3.05) is 11.1 Å². The lowest BCUT2D eigenvalue weighted by Crippen LogP contribution is -2.24. The van der Waals surface area contributed by atoms with Crippen LogP contribution >= 0.6 is 27.7 Å². The summed E-state index contributed by atoms with van der Waals surface area (Å²) in [7, 11) is 0. The Morgan fingerprint density at radius 3 is 2.44 bits per heavy atom. The molecule has 2 aromatic rings. The molecule has 0 aliphatic rings. The van der Waals surface area contributed by atoms with E-state index >= 15 is 0 Å². The third-order valence-electron chi connectivity index (χ3n) is 3.53. The predicted octanol–water partition coefficient (Wildman–Crippen LogP) is 3.97. The van der Waals surface area contributed by atoms with Crippen LogP contribution in [0.25, 0.3) is 0 Å². The Balaban J connectivity index is 1.83. The predicted molar refractivity (Wildman–Crippen MR) is 106 cm³/mol. The summed E-state index contributed by atoms with van der Waals surface area (Å²) in [5, 5.41) is 5.39. The number of hydrogen-bond acceptors (Lipinski definition) is 3. The average molecular weight is 422 g/mol. The number of thioether (sulfide) groups is 1. The molecule has 3 amide bonds. The van der Waals surface area contributed by atoms with Crippen LogP contribution in [0.2, 0.25) is 0 Å². The lowest BCUT2D eigenvalue weighted by molar-refractivity contribution is -0.118. The standard InChI is InChI=1S/C18H20BrN3O2S/c1-11-8-16(12(2)7-15(11)19)25-10-17(23)21-9-13-3-5-14(6-4-13)22-18(20)24/h3-8H,9-10H2,1-2H3,(H,21,23)(H3,20,22,24). The van der Waals surface area contributed by atoms with E-state index in [1.165, 1.54) is 11.8 Å². The maximum atomic E-state index is 12.1. The second-order valence-corrected chi connectivity index (χ2v) is 7.49. The molecule has 25 heavy (non-hydrogen) atoms. The highest BCUT2D eigenvalue weighted by molar-refractivity contribution is 9.10. The van der Waals surface area contributed by atoms with E-state index in [1.807, 2.05) is 26.0 Å². The summed E-state index contributed by atoms with van der Waals surface area (Å²) in [6, 6.07) is 10.7. The fourth-order valence-corrected chi connectivity index (χ4v) is 3.55. The number of benzene rings is 2. The Kier molecular flexibility index (Phi) is 6.90. The first-order valence-electron chi connectivity index (χ1n) is 7.67. The normalized spacial score (nSPS) is 10.4. The van der Waals surface area contributed by atoms with Crippen molar-refractivity contribution < 1.29 is 9.59 Å². The number of rotatable bonds is 6. The molecule has 7 heteroatoms. The molecule has 0 spiro atoms. The summed E-state index contributed by atoms with van der Waals surface area (Å²) in [5.41, 5.74) is 8.93. The van der Waals surface area contributed by atoms with Gasteiger partial charge in [0.15, 0.2) is 0 Å². The number of primary amides is 1. The van der Waals surface area contributed by atoms with Gasteiger partial charge >= 0.3 is 6.03 Å². The van der Waals surface area contributed by atoms with Crippen LogP contribution in [0.3, 0.4) is 0 Å². The van der Waals surface area contributed by atoms with Crippen LogP contribution in [0.15, 0.2) is 45.8 Å². The highest BCUT2D eigenvalue weighted by Crippen LogP contribution is 2.28. The van der Waals surface area contributed by atoms with Gasteiger partial charge in [0.05, 0.1) is 5.75 Å². The van der Waals surface area contributed by atoms with Gasteiger partial charge in [0, 0.05) is 21.6 Å². The van der Waals surface area contributed by atoms with Gasteiger partial charge in [0.25, 0.3) is 0 Å². The first-order chi connectivity index (χ1) is 11.8. The van der Waals surface area contributed by atoms with E-state index in [2.05, 4.69) is 38.7 Å². The summed E-state index contributed by atoms with van der Waals surface area (Å²) in [6.07, 6.45) is 0. The molecule has 4 N–H and O–H groups in total. The fraction of sp³-hybridized carbons (Fsp3) is 0.222. The van der Waals surface area contributed by atoms with Crippen LogP contribution in [0, 0.1) is 13.8 Å². The highest BCUT2D eigenvalue weighted by atomic mass is 79.9. The summed E-state index contributed by atoms with van der Waals surface area (Å²) >= 11 is 5.04. The number of urea groups is 1. The molecule has 0 atom stereocenters. The van der Waals surface area contributed by atoms with Gasteiger partial charge in [-0.15, -0.1) is 11.8 Å². The zero-order chi connectivity index (χ0) is 18.4. The number of carbonyl (C=O) groups excluding carboxylic acids is 2. The molecule has 132 valence electrons. The van der Waals surface area contributed by atoms with Gasteiger partial charge in [0.1, 0.15) is 0 Å². The number of nitrogens with two attached hydrogens (primary N) is 1. The van der Waals surface area contributed by atoms with Gasteiger partial charge < -0.3 is 16.4 Å². The van der Waals surface area contributed by atoms with Crippen molar-refractivity contribution in [2.45, 2.75) is 25.3 Å². The Morgan fingerprint density at radius 2 is 1.80 bits per heavy atom. The van der Waals surface area contributed by atoms with Crippen molar-refractivity contribution in [1.29, 1.82) is 0 Å². The first-order valence-corrected chi connectivity index (χ1v) is 9.44. The van der Waals surface area contributed by atoms with E-state index in [-0.39, 0.29) is 5.91 Å². The largest absolute Gasteiger partial charge is 0.351 e. The van der Waals surface area contributed by atoms with Crippen molar-refractivity contribution in [3.63, 3.8) is 0 Å². The minimum Gasteiger partial charge on any atom is -0.351 e. The third kappa shape index (κ3) is 6.10. The Hall–Kier alpha value is -1.99. The molecule has 0 fully saturated rings. The van der Waals surface area contributed by atoms with Crippen molar-refractivity contribution in [3.05, 3.63) is 57.6 Å². The van der Waals surface area contributed by atoms with Crippen LogP contribution in [0.4, 0.5) is 10.5 Å². The second-order valence-electron chi connectivity index (χ2n) is 5.62. The lowest BCUT2D eigenvalue weighted by atomic mass is 10.2. The number of hydrogen-bond donors (Lipinski definition) is 3. The molecule has 0 radical (unpaired) electrons. The second kappa shape index (κ2) is 8.92. The Morgan fingerprint density at radius 1 is 1.12 bits per heavy atom. The van der Waals surface area contributed by atoms with Crippen molar-refractivity contribution in [3.8, 4) is 0 Å². The van der Waals surface area contributed by atoms with Gasteiger partial charge in [-0.1, -0.05) is 28.1 Å². The number of anilines is 1. The summed E-state index contributed by atoms with van der Waals surface area (Å²) in [4.78, 5) is 23.9. The van der Waals surface area contributed by atoms with Crippen LogP contribution in [-0.2, 0) is 11.3 Å². The Bertz CT molecular complexity index is 779. The van der Waals surface area contributed by atoms with Gasteiger partial charge in [-0.3, -0.25) is 4.79 Å². The monoisotopic (exact) mass is 421 g/mol. The molecule has 2 rings (SSSR count). The average Bonchev–Trinajstić information content (AvgIpc) is 2.56. The van der Waals surface area contributed by atoms with E-state index < -0.39 is 6.03 Å². The van der Waals surface area contributed by atoms with Gasteiger partial charge in [0.2, 0.25) is 5.91 Å². The van der Waals surface area contributed by atoms with Gasteiger partial charge in [-0.25, -0.2) is 4.79 Å². The zero-order valence-electron chi connectivity index (χ0n) is 14.1. The number of aryl methyl sites for hydroxylation is 2. The van der Waals surface area contributed by atoms with E-state index in [1.54, 1.807) is 12.1 Å². The number of amides is 3. The molecule has 0 aliphatic heterocycles. The highest BCUT2D eigenvalue weighted by Gasteiger charge is 2.07. The molecular formula is C18H20BrN3O2S. The molecule has 5 nitrogen and oxygen atoms in total. The minimum atomic E-state index is -0.600. The third-order valence-corrected chi connectivity index (χ3v) is 5.54. The maximum Gasteiger partial charge on any atom is 0.316 e. The first kappa shape index (κ1) is 19.3. The molecule has 0 aliphatic carbocycles. The molecule has 0 saturated carbocycles. The fourth-order valence-electron chi connectivity index (χ4n) is 2.15. The van der Waals surface area contributed by atoms with Gasteiger partial charge in [-0.2, -0.15) is 0 Å². The van der Waals surface area contributed by atoms with Crippen LogP contribution in [0.5, 0.6) is 0 Å². The minimum absolute atomic E-state index is 0.0238. The smallest absolute Gasteiger partial charge is 0.316 e. The van der Waals surface area contributed by atoms with Crippen LogP contribution < -0.4 is 16.4 Å². The summed E-state index contributed by atoms with van der Waals surface area (Å²) in [5.74, 6) is 0.341. The van der Waals surface area contributed by atoms with Crippen LogP contribution in [0.1, 0.15) is 16.7 Å². The molecule has 2 aromatic carbocycles. The number of halogens is 1. The summed E-state index contributed by atoms with van der Waals surface area (Å²) < 4.78 is 1.08.